The Balaban J connectivity index is 2.60. The number of hydrogen-bond acceptors (Lipinski definition) is 2. The molecule has 0 aliphatic rings. The van der Waals surface area contributed by atoms with E-state index >= 15 is 0 Å². The van der Waals surface area contributed by atoms with Crippen molar-refractivity contribution in [3.8, 4) is 0 Å². The van der Waals surface area contributed by atoms with E-state index < -0.39 is 9.96 Å². The van der Waals surface area contributed by atoms with Crippen LogP contribution < -0.4 is 16.0 Å². The van der Waals surface area contributed by atoms with Crippen LogP contribution in [-0.2, 0) is 4.79 Å². The first-order chi connectivity index (χ1) is 11.2. The third kappa shape index (κ3) is 8.38. The molecule has 0 radical (unpaired) electrons. The normalized spacial score (nSPS) is 12.4. The van der Waals surface area contributed by atoms with Crippen molar-refractivity contribution in [2.75, 3.05) is 5.32 Å². The number of carbonyl (C=O) groups excluding carboxylic acids is 1. The van der Waals surface area contributed by atoms with E-state index in [4.69, 9.17) is 47.0 Å². The summed E-state index contributed by atoms with van der Waals surface area (Å²) in [5, 5.41) is 8.75. The lowest BCUT2D eigenvalue weighted by molar-refractivity contribution is -0.122. The molecule has 0 spiro atoms. The number of amides is 1. The van der Waals surface area contributed by atoms with Crippen LogP contribution in [0.2, 0.25) is 0 Å². The van der Waals surface area contributed by atoms with Gasteiger partial charge in [-0.1, -0.05) is 72.3 Å². The molecule has 0 fully saturated rings. The summed E-state index contributed by atoms with van der Waals surface area (Å²) in [6, 6.07) is 7.67. The molecule has 1 aromatic rings. The van der Waals surface area contributed by atoms with Crippen molar-refractivity contribution in [2.45, 2.75) is 49.5 Å². The predicted molar refractivity (Wildman–Crippen MR) is 107 cm³/mol. The number of aryl methyl sites for hydroxylation is 1. The Morgan fingerprint density at radius 3 is 2.33 bits per heavy atom. The van der Waals surface area contributed by atoms with Crippen LogP contribution in [0.5, 0.6) is 0 Å². The van der Waals surface area contributed by atoms with Crippen LogP contribution in [0.4, 0.5) is 5.69 Å². The van der Waals surface area contributed by atoms with Gasteiger partial charge < -0.3 is 16.0 Å². The molecule has 4 nitrogen and oxygen atoms in total. The third-order valence-electron chi connectivity index (χ3n) is 3.22. The van der Waals surface area contributed by atoms with Crippen LogP contribution in [0.25, 0.3) is 0 Å². The summed E-state index contributed by atoms with van der Waals surface area (Å²) in [5.41, 5.74) is 1.94. The molecule has 0 aromatic heterocycles. The summed E-state index contributed by atoms with van der Waals surface area (Å²) in [4.78, 5) is 12.0. The SMILES string of the molecule is CCCCCC(=O)N[C@@H](NC(=S)Nc1ccc(C)cc1)C(Cl)(Cl)Cl. The molecule has 0 aliphatic heterocycles. The van der Waals surface area contributed by atoms with Crippen LogP contribution in [0.1, 0.15) is 38.2 Å². The van der Waals surface area contributed by atoms with Gasteiger partial charge >= 0.3 is 0 Å². The highest BCUT2D eigenvalue weighted by atomic mass is 35.6. The van der Waals surface area contributed by atoms with E-state index in [2.05, 4.69) is 22.9 Å². The number of rotatable bonds is 7. The Morgan fingerprint density at radius 2 is 1.79 bits per heavy atom. The van der Waals surface area contributed by atoms with Gasteiger partial charge in [0.2, 0.25) is 9.70 Å². The lowest BCUT2D eigenvalue weighted by Crippen LogP contribution is -2.56. The second-order valence-electron chi connectivity index (χ2n) is 5.46. The Morgan fingerprint density at radius 1 is 1.17 bits per heavy atom. The van der Waals surface area contributed by atoms with Crippen molar-refractivity contribution in [3.63, 3.8) is 0 Å². The largest absolute Gasteiger partial charge is 0.339 e. The van der Waals surface area contributed by atoms with Crippen LogP contribution in [0.3, 0.4) is 0 Å². The second-order valence-corrected chi connectivity index (χ2v) is 8.24. The molecule has 3 N–H and O–H groups in total. The van der Waals surface area contributed by atoms with E-state index in [-0.39, 0.29) is 11.0 Å². The minimum Gasteiger partial charge on any atom is -0.339 e. The van der Waals surface area contributed by atoms with Gasteiger partial charge in [0.05, 0.1) is 0 Å². The maximum Gasteiger partial charge on any atom is 0.228 e. The number of carbonyl (C=O) groups is 1. The van der Waals surface area contributed by atoms with Crippen molar-refractivity contribution in [1.29, 1.82) is 0 Å². The summed E-state index contributed by atoms with van der Waals surface area (Å²) < 4.78 is -1.74. The van der Waals surface area contributed by atoms with Gasteiger partial charge in [-0.25, -0.2) is 0 Å². The van der Waals surface area contributed by atoms with Crippen LogP contribution in [0.15, 0.2) is 24.3 Å². The highest BCUT2D eigenvalue weighted by Crippen LogP contribution is 2.29. The summed E-state index contributed by atoms with van der Waals surface area (Å²) in [6.45, 7) is 4.06. The molecule has 0 bridgehead atoms. The van der Waals surface area contributed by atoms with E-state index in [0.29, 0.717) is 6.42 Å². The van der Waals surface area contributed by atoms with Gasteiger partial charge in [-0.3, -0.25) is 4.79 Å². The molecule has 0 saturated carbocycles. The van der Waals surface area contributed by atoms with Crippen molar-refractivity contribution in [3.05, 3.63) is 29.8 Å². The fourth-order valence-electron chi connectivity index (χ4n) is 1.90. The molecule has 1 rings (SSSR count). The number of unbranched alkanes of at least 4 members (excludes halogenated alkanes) is 2. The van der Waals surface area contributed by atoms with Crippen molar-refractivity contribution >= 4 is 63.7 Å². The molecule has 24 heavy (non-hydrogen) atoms. The zero-order chi connectivity index (χ0) is 18.2. The maximum atomic E-state index is 12.0. The third-order valence-corrected chi connectivity index (χ3v) is 4.10. The van der Waals surface area contributed by atoms with Gasteiger partial charge in [-0.05, 0) is 37.7 Å². The Bertz CT molecular complexity index is 546. The van der Waals surface area contributed by atoms with Gasteiger partial charge in [0, 0.05) is 12.1 Å². The molecular weight excluding hydrogens is 389 g/mol. The van der Waals surface area contributed by atoms with E-state index in [1.165, 1.54) is 0 Å². The molecule has 0 unspecified atom stereocenters. The van der Waals surface area contributed by atoms with E-state index in [1.54, 1.807) is 0 Å². The molecule has 0 aliphatic carbocycles. The fourth-order valence-corrected chi connectivity index (χ4v) is 2.47. The second kappa shape index (κ2) is 10.3. The highest BCUT2D eigenvalue weighted by Gasteiger charge is 2.34. The number of anilines is 1. The highest BCUT2D eigenvalue weighted by molar-refractivity contribution is 7.80. The predicted octanol–water partition coefficient (Wildman–Crippen LogP) is 4.67. The molecule has 1 aromatic carbocycles. The van der Waals surface area contributed by atoms with Crippen LogP contribution in [0, 0.1) is 6.92 Å². The van der Waals surface area contributed by atoms with Gasteiger partial charge in [-0.2, -0.15) is 0 Å². The molecule has 8 heteroatoms. The Hall–Kier alpha value is -0.750. The van der Waals surface area contributed by atoms with Crippen LogP contribution in [-0.4, -0.2) is 21.0 Å². The number of benzene rings is 1. The minimum absolute atomic E-state index is 0.189. The molecule has 0 heterocycles. The number of halogens is 3. The van der Waals surface area contributed by atoms with Gasteiger partial charge in [0.1, 0.15) is 6.17 Å². The lowest BCUT2D eigenvalue weighted by atomic mass is 10.2. The first-order valence-electron chi connectivity index (χ1n) is 7.72. The average Bonchev–Trinajstić information content (AvgIpc) is 2.48. The van der Waals surface area contributed by atoms with E-state index in [0.717, 1.165) is 30.5 Å². The van der Waals surface area contributed by atoms with Gasteiger partial charge in [0.15, 0.2) is 5.11 Å². The smallest absolute Gasteiger partial charge is 0.228 e. The van der Waals surface area contributed by atoms with Crippen molar-refractivity contribution in [1.82, 2.24) is 10.6 Å². The quantitative estimate of drug-likeness (QED) is 0.264. The number of alkyl halides is 3. The molecule has 1 amide bonds. The Kier molecular flexibility index (Phi) is 9.13. The number of hydrogen-bond donors (Lipinski definition) is 3. The van der Waals surface area contributed by atoms with Gasteiger partial charge in [0.25, 0.3) is 0 Å². The molecule has 0 saturated heterocycles. The summed E-state index contributed by atoms with van der Waals surface area (Å²) in [6.07, 6.45) is 2.25. The van der Waals surface area contributed by atoms with E-state index in [9.17, 15) is 4.79 Å². The first-order valence-corrected chi connectivity index (χ1v) is 9.27. The minimum atomic E-state index is -1.74. The molecular formula is C16H22Cl3N3OS. The standard InChI is InChI=1S/C16H22Cl3N3OS/c1-3-4-5-6-13(23)21-14(16(17,18)19)22-15(24)20-12-9-7-11(2)8-10-12/h7-10,14H,3-6H2,1-2H3,(H,21,23)(H2,20,22,24)/t14-/m0/s1. The zero-order valence-corrected chi connectivity index (χ0v) is 16.7. The summed E-state index contributed by atoms with van der Waals surface area (Å²) >= 11 is 23.0. The molecule has 1 atom stereocenters. The number of nitrogens with one attached hydrogen (secondary N) is 3. The summed E-state index contributed by atoms with van der Waals surface area (Å²) in [7, 11) is 0. The zero-order valence-electron chi connectivity index (χ0n) is 13.7. The number of thiocarbonyl (C=S) groups is 1. The summed E-state index contributed by atoms with van der Waals surface area (Å²) in [5.74, 6) is -0.189. The maximum absolute atomic E-state index is 12.0. The average molecular weight is 411 g/mol. The monoisotopic (exact) mass is 409 g/mol. The molecule has 134 valence electrons. The topological polar surface area (TPSA) is 53.2 Å². The van der Waals surface area contributed by atoms with Gasteiger partial charge in [-0.15, -0.1) is 0 Å². The van der Waals surface area contributed by atoms with Crippen molar-refractivity contribution in [2.24, 2.45) is 0 Å². The Labute approximate surface area is 163 Å². The fraction of sp³-hybridized carbons (Fsp3) is 0.500. The van der Waals surface area contributed by atoms with Crippen molar-refractivity contribution < 1.29 is 4.79 Å². The van der Waals surface area contributed by atoms with Crippen LogP contribution >= 0.6 is 47.0 Å². The van der Waals surface area contributed by atoms with E-state index in [1.807, 2.05) is 31.2 Å². The lowest BCUT2D eigenvalue weighted by Gasteiger charge is -2.27. The first kappa shape index (κ1) is 21.3.